The van der Waals surface area contributed by atoms with Crippen LogP contribution in [0, 0.1) is 0 Å². The molecule has 1 aliphatic heterocycles. The van der Waals surface area contributed by atoms with E-state index in [1.54, 1.807) is 4.57 Å². The van der Waals surface area contributed by atoms with Gasteiger partial charge in [-0.2, -0.15) is 0 Å². The molecule has 1 aromatic heterocycles. The summed E-state index contributed by atoms with van der Waals surface area (Å²) in [5.74, 6) is 0.463. The minimum Gasteiger partial charge on any atom is -0.385 e. The van der Waals surface area contributed by atoms with Gasteiger partial charge in [-0.05, 0) is 33.4 Å². The first-order chi connectivity index (χ1) is 10.9. The molecular weight excluding hydrogens is 316 g/mol. The van der Waals surface area contributed by atoms with Crippen molar-refractivity contribution < 1.29 is 9.90 Å². The van der Waals surface area contributed by atoms with E-state index in [4.69, 9.17) is 11.6 Å². The number of nitrogens with zero attached hydrogens (tertiary/aromatic N) is 4. The van der Waals surface area contributed by atoms with Crippen LogP contribution in [0.3, 0.4) is 0 Å². The maximum atomic E-state index is 12.4. The Morgan fingerprint density at radius 1 is 1.48 bits per heavy atom. The smallest absolute Gasteiger partial charge is 0.225 e. The van der Waals surface area contributed by atoms with Crippen LogP contribution < -0.4 is 0 Å². The van der Waals surface area contributed by atoms with E-state index < -0.39 is 6.10 Å². The van der Waals surface area contributed by atoms with Crippen LogP contribution >= 0.6 is 11.6 Å². The Morgan fingerprint density at radius 2 is 2.13 bits per heavy atom. The largest absolute Gasteiger partial charge is 0.385 e. The number of hydrogen-bond donors (Lipinski definition) is 1. The number of hydrogen-bond acceptors (Lipinski definition) is 4. The average molecular weight is 343 g/mol. The first kappa shape index (κ1) is 18.2. The molecule has 130 valence electrons. The maximum absolute atomic E-state index is 12.4. The monoisotopic (exact) mass is 342 g/mol. The molecule has 6 nitrogen and oxygen atoms in total. The Hall–Kier alpha value is -1.11. The van der Waals surface area contributed by atoms with E-state index in [1.165, 1.54) is 6.20 Å². The van der Waals surface area contributed by atoms with Gasteiger partial charge in [0.15, 0.2) is 0 Å². The SMILES string of the molecule is CCCn1c(Cl)cnc1C(O)CC(=O)N1CCC(N(C)C)CC1. The fourth-order valence-corrected chi connectivity index (χ4v) is 3.32. The normalized spacial score (nSPS) is 17.7. The Kier molecular flexibility index (Phi) is 6.44. The van der Waals surface area contributed by atoms with Gasteiger partial charge in [0.25, 0.3) is 0 Å². The van der Waals surface area contributed by atoms with Crippen LogP contribution in [0.5, 0.6) is 0 Å². The first-order valence-electron chi connectivity index (χ1n) is 8.27. The van der Waals surface area contributed by atoms with E-state index in [0.29, 0.717) is 23.6 Å². The number of imidazole rings is 1. The second-order valence-electron chi connectivity index (χ2n) is 6.39. The molecule has 1 aromatic rings. The molecule has 23 heavy (non-hydrogen) atoms. The molecule has 1 unspecified atom stereocenters. The van der Waals surface area contributed by atoms with Crippen molar-refractivity contribution in [3.8, 4) is 0 Å². The van der Waals surface area contributed by atoms with Crippen molar-refractivity contribution >= 4 is 17.5 Å². The van der Waals surface area contributed by atoms with Gasteiger partial charge in [-0.25, -0.2) is 4.98 Å². The fourth-order valence-electron chi connectivity index (χ4n) is 3.10. The summed E-state index contributed by atoms with van der Waals surface area (Å²) in [7, 11) is 4.15. The fraction of sp³-hybridized carbons (Fsp3) is 0.750. The summed E-state index contributed by atoms with van der Waals surface area (Å²) in [5, 5.41) is 10.9. The predicted molar refractivity (Wildman–Crippen MR) is 90.4 cm³/mol. The molecule has 1 aliphatic rings. The summed E-state index contributed by atoms with van der Waals surface area (Å²) < 4.78 is 1.78. The van der Waals surface area contributed by atoms with E-state index >= 15 is 0 Å². The van der Waals surface area contributed by atoms with Gasteiger partial charge in [0, 0.05) is 25.7 Å². The Bertz CT molecular complexity index is 524. The number of aromatic nitrogens is 2. The van der Waals surface area contributed by atoms with Gasteiger partial charge in [-0.1, -0.05) is 18.5 Å². The van der Waals surface area contributed by atoms with Crippen molar-refractivity contribution in [1.82, 2.24) is 19.4 Å². The lowest BCUT2D eigenvalue weighted by molar-refractivity contribution is -0.135. The third-order valence-corrected chi connectivity index (χ3v) is 4.80. The van der Waals surface area contributed by atoms with Gasteiger partial charge >= 0.3 is 0 Å². The standard InChI is InChI=1S/C16H27ClN4O2/c1-4-7-21-14(17)11-18-16(21)13(22)10-15(23)20-8-5-12(6-9-20)19(2)3/h11-13,22H,4-10H2,1-3H3. The zero-order valence-electron chi connectivity index (χ0n) is 14.2. The maximum Gasteiger partial charge on any atom is 0.225 e. The lowest BCUT2D eigenvalue weighted by Crippen LogP contribution is -2.44. The molecule has 1 fully saturated rings. The molecule has 1 amide bonds. The Labute approximate surface area is 143 Å². The molecule has 2 heterocycles. The predicted octanol–water partition coefficient (Wildman–Crippen LogP) is 1.92. The highest BCUT2D eigenvalue weighted by atomic mass is 35.5. The van der Waals surface area contributed by atoms with Gasteiger partial charge in [-0.15, -0.1) is 0 Å². The summed E-state index contributed by atoms with van der Waals surface area (Å²) in [6.45, 7) is 4.22. The zero-order valence-corrected chi connectivity index (χ0v) is 15.0. The van der Waals surface area contributed by atoms with Crippen LogP contribution in [0.25, 0.3) is 0 Å². The molecule has 0 saturated carbocycles. The van der Waals surface area contributed by atoms with Crippen LogP contribution in [0.1, 0.15) is 44.5 Å². The second-order valence-corrected chi connectivity index (χ2v) is 6.77. The summed E-state index contributed by atoms with van der Waals surface area (Å²) in [6.07, 6.45) is 3.53. The second kappa shape index (κ2) is 8.13. The van der Waals surface area contributed by atoms with Gasteiger partial charge in [0.2, 0.25) is 5.91 Å². The number of likely N-dealkylation sites (tertiary alicyclic amines) is 1. The van der Waals surface area contributed by atoms with Crippen molar-refractivity contribution in [3.05, 3.63) is 17.2 Å². The summed E-state index contributed by atoms with van der Waals surface area (Å²) in [6, 6.07) is 0.534. The van der Waals surface area contributed by atoms with E-state index in [1.807, 2.05) is 11.8 Å². The molecule has 1 saturated heterocycles. The molecule has 0 spiro atoms. The third kappa shape index (κ3) is 4.46. The van der Waals surface area contributed by atoms with E-state index in [-0.39, 0.29) is 12.3 Å². The topological polar surface area (TPSA) is 61.6 Å². The van der Waals surface area contributed by atoms with E-state index in [0.717, 1.165) is 32.4 Å². The number of amides is 1. The molecule has 0 aromatic carbocycles. The minimum absolute atomic E-state index is 0.0168. The van der Waals surface area contributed by atoms with Crippen molar-refractivity contribution in [3.63, 3.8) is 0 Å². The molecule has 1 N–H and O–H groups in total. The number of piperidine rings is 1. The van der Waals surface area contributed by atoms with E-state index in [2.05, 4.69) is 24.0 Å². The van der Waals surface area contributed by atoms with Gasteiger partial charge in [0.05, 0.1) is 12.6 Å². The Balaban J connectivity index is 1.93. The quantitative estimate of drug-likeness (QED) is 0.858. The van der Waals surface area contributed by atoms with Crippen molar-refractivity contribution in [1.29, 1.82) is 0 Å². The molecular formula is C16H27ClN4O2. The number of rotatable bonds is 6. The zero-order chi connectivity index (χ0) is 17.0. The molecule has 0 aliphatic carbocycles. The number of carbonyl (C=O) groups is 1. The number of aliphatic hydroxyl groups is 1. The highest BCUT2D eigenvalue weighted by molar-refractivity contribution is 6.29. The van der Waals surface area contributed by atoms with Crippen LogP contribution in [-0.2, 0) is 11.3 Å². The van der Waals surface area contributed by atoms with Gasteiger partial charge in [0.1, 0.15) is 17.1 Å². The van der Waals surface area contributed by atoms with Crippen LogP contribution in [-0.4, -0.2) is 63.6 Å². The average Bonchev–Trinajstić information content (AvgIpc) is 2.89. The molecule has 7 heteroatoms. The highest BCUT2D eigenvalue weighted by Crippen LogP contribution is 2.23. The minimum atomic E-state index is -0.909. The van der Waals surface area contributed by atoms with Gasteiger partial charge < -0.3 is 19.5 Å². The van der Waals surface area contributed by atoms with E-state index in [9.17, 15) is 9.90 Å². The van der Waals surface area contributed by atoms with Crippen molar-refractivity contribution in [2.75, 3.05) is 27.2 Å². The molecule has 1 atom stereocenters. The van der Waals surface area contributed by atoms with Crippen LogP contribution in [0.4, 0.5) is 0 Å². The number of carbonyl (C=O) groups excluding carboxylic acids is 1. The highest BCUT2D eigenvalue weighted by Gasteiger charge is 2.27. The first-order valence-corrected chi connectivity index (χ1v) is 8.65. The van der Waals surface area contributed by atoms with Crippen molar-refractivity contribution in [2.45, 2.75) is 51.3 Å². The van der Waals surface area contributed by atoms with Gasteiger partial charge in [-0.3, -0.25) is 4.79 Å². The third-order valence-electron chi connectivity index (χ3n) is 4.50. The molecule has 0 bridgehead atoms. The van der Waals surface area contributed by atoms with Crippen LogP contribution in [0.15, 0.2) is 6.20 Å². The van der Waals surface area contributed by atoms with Crippen LogP contribution in [0.2, 0.25) is 5.15 Å². The molecule has 2 rings (SSSR count). The molecule has 0 radical (unpaired) electrons. The summed E-state index contributed by atoms with van der Waals surface area (Å²) in [4.78, 5) is 20.6. The number of halogens is 1. The lowest BCUT2D eigenvalue weighted by atomic mass is 10.0. The number of aliphatic hydroxyl groups excluding tert-OH is 1. The summed E-state index contributed by atoms with van der Waals surface area (Å²) >= 11 is 6.09. The Morgan fingerprint density at radius 3 is 2.70 bits per heavy atom. The summed E-state index contributed by atoms with van der Waals surface area (Å²) in [5.41, 5.74) is 0. The lowest BCUT2D eigenvalue weighted by Gasteiger charge is -2.35. The van der Waals surface area contributed by atoms with Crippen molar-refractivity contribution in [2.24, 2.45) is 0 Å².